The molecule has 1 heterocycles. The minimum absolute atomic E-state index is 0.657. The summed E-state index contributed by atoms with van der Waals surface area (Å²) >= 11 is 1.87. The molecule has 1 aromatic rings. The molecule has 0 amide bonds. The molecule has 1 aliphatic carbocycles. The van der Waals surface area contributed by atoms with E-state index in [4.69, 9.17) is 5.73 Å². The monoisotopic (exact) mass is 238 g/mol. The minimum atomic E-state index is 0.657. The summed E-state index contributed by atoms with van der Waals surface area (Å²) < 4.78 is 0. The summed E-state index contributed by atoms with van der Waals surface area (Å²) in [6.07, 6.45) is 4.02. The number of rotatable bonds is 7. The lowest BCUT2D eigenvalue weighted by Gasteiger charge is -2.22. The van der Waals surface area contributed by atoms with Crippen molar-refractivity contribution in [2.24, 2.45) is 11.7 Å². The molecule has 0 aromatic carbocycles. The molecule has 2 rings (SSSR count). The van der Waals surface area contributed by atoms with E-state index < -0.39 is 0 Å². The Labute approximate surface area is 102 Å². The van der Waals surface area contributed by atoms with E-state index in [9.17, 15) is 0 Å². The Bertz CT molecular complexity index is 293. The highest BCUT2D eigenvalue weighted by atomic mass is 32.1. The van der Waals surface area contributed by atoms with Crippen molar-refractivity contribution in [3.63, 3.8) is 0 Å². The van der Waals surface area contributed by atoms with Crippen LogP contribution in [0.2, 0.25) is 0 Å². The highest BCUT2D eigenvalue weighted by Gasteiger charge is 2.28. The van der Waals surface area contributed by atoms with Gasteiger partial charge in [0.25, 0.3) is 0 Å². The molecule has 2 nitrogen and oxygen atoms in total. The van der Waals surface area contributed by atoms with Gasteiger partial charge in [-0.3, -0.25) is 4.90 Å². The van der Waals surface area contributed by atoms with Gasteiger partial charge in [-0.2, -0.15) is 0 Å². The predicted molar refractivity (Wildman–Crippen MR) is 70.6 cm³/mol. The summed E-state index contributed by atoms with van der Waals surface area (Å²) in [6.45, 7) is 5.41. The van der Waals surface area contributed by atoms with E-state index in [1.54, 1.807) is 0 Å². The average Bonchev–Trinajstić information content (AvgIpc) is 3.02. The van der Waals surface area contributed by atoms with Crippen molar-refractivity contribution in [1.29, 1.82) is 0 Å². The normalized spacial score (nSPS) is 17.9. The Hall–Kier alpha value is -0.380. The first-order valence-corrected chi connectivity index (χ1v) is 7.14. The van der Waals surface area contributed by atoms with E-state index in [2.05, 4.69) is 29.3 Å². The van der Waals surface area contributed by atoms with Gasteiger partial charge in [0, 0.05) is 17.5 Å². The maximum absolute atomic E-state index is 5.67. The molecule has 90 valence electrons. The molecule has 2 N–H and O–H groups in total. The molecule has 0 saturated heterocycles. The topological polar surface area (TPSA) is 29.3 Å². The first kappa shape index (κ1) is 12.1. The van der Waals surface area contributed by atoms with E-state index in [0.717, 1.165) is 19.1 Å². The van der Waals surface area contributed by atoms with Gasteiger partial charge in [0.2, 0.25) is 0 Å². The smallest absolute Gasteiger partial charge is 0.0330 e. The zero-order chi connectivity index (χ0) is 11.4. The van der Waals surface area contributed by atoms with Crippen molar-refractivity contribution >= 4 is 11.3 Å². The molecule has 1 atom stereocenters. The molecule has 0 spiro atoms. The second-order valence-corrected chi connectivity index (χ2v) is 5.94. The standard InChI is InChI=1S/C13H22N2S/c1-11(9-14)6-7-15(12-4-5-12)10-13-3-2-8-16-13/h2-3,8,11-12H,4-7,9-10,14H2,1H3. The second-order valence-electron chi connectivity index (χ2n) is 4.91. The van der Waals surface area contributed by atoms with Crippen molar-refractivity contribution in [2.75, 3.05) is 13.1 Å². The van der Waals surface area contributed by atoms with Crippen LogP contribution < -0.4 is 5.73 Å². The van der Waals surface area contributed by atoms with Gasteiger partial charge in [0.15, 0.2) is 0 Å². The highest BCUT2D eigenvalue weighted by molar-refractivity contribution is 7.09. The predicted octanol–water partition coefficient (Wildman–Crippen LogP) is 2.70. The van der Waals surface area contributed by atoms with Gasteiger partial charge in [-0.05, 0) is 49.7 Å². The zero-order valence-electron chi connectivity index (χ0n) is 10.1. The number of hydrogen-bond acceptors (Lipinski definition) is 3. The third kappa shape index (κ3) is 3.58. The molecule has 0 radical (unpaired) electrons. The first-order chi connectivity index (χ1) is 7.79. The summed E-state index contributed by atoms with van der Waals surface area (Å²) in [7, 11) is 0. The van der Waals surface area contributed by atoms with Crippen LogP contribution in [0.25, 0.3) is 0 Å². The van der Waals surface area contributed by atoms with Gasteiger partial charge < -0.3 is 5.73 Å². The third-order valence-corrected chi connectivity index (χ3v) is 4.17. The lowest BCUT2D eigenvalue weighted by atomic mass is 10.1. The zero-order valence-corrected chi connectivity index (χ0v) is 10.9. The maximum Gasteiger partial charge on any atom is 0.0330 e. The van der Waals surface area contributed by atoms with E-state index in [-0.39, 0.29) is 0 Å². The molecule has 1 saturated carbocycles. The summed E-state index contributed by atoms with van der Waals surface area (Å²) in [5.74, 6) is 0.657. The number of thiophene rings is 1. The van der Waals surface area contributed by atoms with Crippen LogP contribution in [0, 0.1) is 5.92 Å². The number of hydrogen-bond donors (Lipinski definition) is 1. The van der Waals surface area contributed by atoms with Crippen molar-refractivity contribution in [1.82, 2.24) is 4.90 Å². The van der Waals surface area contributed by atoms with E-state index in [0.29, 0.717) is 5.92 Å². The molecule has 3 heteroatoms. The number of nitrogens with zero attached hydrogens (tertiary/aromatic N) is 1. The van der Waals surface area contributed by atoms with Crippen LogP contribution in [0.4, 0.5) is 0 Å². The Morgan fingerprint density at radius 1 is 1.56 bits per heavy atom. The molecule has 0 bridgehead atoms. The van der Waals surface area contributed by atoms with Crippen LogP contribution in [0.5, 0.6) is 0 Å². The van der Waals surface area contributed by atoms with Crippen LogP contribution in [0.15, 0.2) is 17.5 Å². The highest BCUT2D eigenvalue weighted by Crippen LogP contribution is 2.29. The Balaban J connectivity index is 1.81. The molecular weight excluding hydrogens is 216 g/mol. The van der Waals surface area contributed by atoms with Crippen LogP contribution >= 0.6 is 11.3 Å². The fourth-order valence-corrected chi connectivity index (χ4v) is 2.67. The molecule has 1 unspecified atom stereocenters. The summed E-state index contributed by atoms with van der Waals surface area (Å²) in [5.41, 5.74) is 5.67. The summed E-state index contributed by atoms with van der Waals surface area (Å²) in [4.78, 5) is 4.13. The molecule has 16 heavy (non-hydrogen) atoms. The Morgan fingerprint density at radius 3 is 2.94 bits per heavy atom. The quantitative estimate of drug-likeness (QED) is 0.791. The average molecular weight is 238 g/mol. The van der Waals surface area contributed by atoms with Gasteiger partial charge >= 0.3 is 0 Å². The lowest BCUT2D eigenvalue weighted by molar-refractivity contribution is 0.239. The van der Waals surface area contributed by atoms with Crippen molar-refractivity contribution < 1.29 is 0 Å². The van der Waals surface area contributed by atoms with Gasteiger partial charge in [-0.25, -0.2) is 0 Å². The lowest BCUT2D eigenvalue weighted by Crippen LogP contribution is -2.28. The van der Waals surface area contributed by atoms with E-state index >= 15 is 0 Å². The van der Waals surface area contributed by atoms with Gasteiger partial charge in [0.05, 0.1) is 0 Å². The first-order valence-electron chi connectivity index (χ1n) is 6.26. The minimum Gasteiger partial charge on any atom is -0.330 e. The summed E-state index contributed by atoms with van der Waals surface area (Å²) in [5, 5.41) is 2.17. The third-order valence-electron chi connectivity index (χ3n) is 3.31. The van der Waals surface area contributed by atoms with E-state index in [1.165, 1.54) is 30.7 Å². The van der Waals surface area contributed by atoms with Gasteiger partial charge in [0.1, 0.15) is 0 Å². The largest absolute Gasteiger partial charge is 0.330 e. The fourth-order valence-electron chi connectivity index (χ4n) is 1.94. The Morgan fingerprint density at radius 2 is 2.38 bits per heavy atom. The molecule has 0 aliphatic heterocycles. The van der Waals surface area contributed by atoms with Crippen molar-refractivity contribution in [3.8, 4) is 0 Å². The molecular formula is C13H22N2S. The Kier molecular flexibility index (Phi) is 4.38. The molecule has 1 aliphatic rings. The molecule has 1 fully saturated rings. The van der Waals surface area contributed by atoms with Crippen LogP contribution in [-0.2, 0) is 6.54 Å². The van der Waals surface area contributed by atoms with Crippen LogP contribution in [0.3, 0.4) is 0 Å². The van der Waals surface area contributed by atoms with Gasteiger partial charge in [-0.15, -0.1) is 11.3 Å². The van der Waals surface area contributed by atoms with E-state index in [1.807, 2.05) is 11.3 Å². The van der Waals surface area contributed by atoms with Crippen LogP contribution in [0.1, 0.15) is 31.1 Å². The second kappa shape index (κ2) is 5.80. The SMILES string of the molecule is CC(CN)CCN(Cc1cccs1)C1CC1. The summed E-state index contributed by atoms with van der Waals surface area (Å²) in [6, 6.07) is 5.24. The van der Waals surface area contributed by atoms with Crippen molar-refractivity contribution in [3.05, 3.63) is 22.4 Å². The number of nitrogens with two attached hydrogens (primary N) is 1. The van der Waals surface area contributed by atoms with Crippen LogP contribution in [-0.4, -0.2) is 24.0 Å². The fraction of sp³-hybridized carbons (Fsp3) is 0.692. The maximum atomic E-state index is 5.67. The molecule has 1 aromatic heterocycles. The van der Waals surface area contributed by atoms with Gasteiger partial charge in [-0.1, -0.05) is 13.0 Å². The van der Waals surface area contributed by atoms with Crippen molar-refractivity contribution in [2.45, 2.75) is 38.8 Å².